The topological polar surface area (TPSA) is 205 Å². The van der Waals surface area contributed by atoms with Crippen LogP contribution >= 0.6 is 0 Å². The van der Waals surface area contributed by atoms with Crippen LogP contribution in [0.15, 0.2) is 48.6 Å². The van der Waals surface area contributed by atoms with Gasteiger partial charge in [0, 0.05) is 5.57 Å². The number of aliphatic hydroxyl groups excluding tert-OH is 1. The molecule has 2 rings (SSSR count). The number of carboxylic acids is 4. The molecule has 2 aromatic carbocycles. The van der Waals surface area contributed by atoms with Gasteiger partial charge in [0.25, 0.3) is 0 Å². The average molecular weight is 476 g/mol. The molecule has 0 saturated heterocycles. The Hall–Kier alpha value is -4.71. The Morgan fingerprint density at radius 2 is 1.12 bits per heavy atom. The van der Waals surface area contributed by atoms with Gasteiger partial charge in [-0.05, 0) is 43.3 Å². The maximum Gasteiger partial charge on any atom is 0.336 e. The number of carbonyl (C=O) groups is 5. The SMILES string of the molecule is C=C(C)C(=O)OCCO.O=C(O)c1ccc(Oc2ccc(C(=O)O)c(C(=O)O)c2)cc1C(=O)O. The van der Waals surface area contributed by atoms with Crippen LogP contribution in [0.2, 0.25) is 0 Å². The second-order valence-corrected chi connectivity index (χ2v) is 6.38. The highest BCUT2D eigenvalue weighted by Crippen LogP contribution is 2.26. The van der Waals surface area contributed by atoms with E-state index in [1.807, 2.05) is 0 Å². The molecule has 34 heavy (non-hydrogen) atoms. The van der Waals surface area contributed by atoms with Gasteiger partial charge in [0.2, 0.25) is 0 Å². The van der Waals surface area contributed by atoms with Gasteiger partial charge in [-0.15, -0.1) is 0 Å². The standard InChI is InChI=1S/C16H10O9.C6H10O3/c17-13(18)9-3-1-7(5-11(9)15(21)22)25-8-2-4-10(14(19)20)12(6-8)16(23)24;1-5(2)6(8)9-4-3-7/h1-6H,(H,17,18)(H,19,20)(H,21,22)(H,23,24);7H,1,3-4H2,2H3. The Kier molecular flexibility index (Phi) is 9.93. The molecule has 0 saturated carbocycles. The van der Waals surface area contributed by atoms with E-state index in [4.69, 9.17) is 30.3 Å². The first-order valence-electron chi connectivity index (χ1n) is 9.21. The number of benzene rings is 2. The fourth-order valence-corrected chi connectivity index (χ4v) is 2.30. The molecule has 2 aromatic rings. The molecule has 0 aliphatic rings. The zero-order valence-corrected chi connectivity index (χ0v) is 17.7. The predicted molar refractivity (Wildman–Crippen MR) is 114 cm³/mol. The van der Waals surface area contributed by atoms with Gasteiger partial charge in [-0.2, -0.15) is 0 Å². The summed E-state index contributed by atoms with van der Waals surface area (Å²) in [6, 6.07) is 6.40. The number of ether oxygens (including phenoxy) is 2. The van der Waals surface area contributed by atoms with Crippen molar-refractivity contribution < 1.29 is 59.0 Å². The van der Waals surface area contributed by atoms with Crippen LogP contribution in [0.5, 0.6) is 11.5 Å². The molecule has 0 heterocycles. The van der Waals surface area contributed by atoms with Crippen LogP contribution < -0.4 is 4.74 Å². The van der Waals surface area contributed by atoms with E-state index in [2.05, 4.69) is 11.3 Å². The van der Waals surface area contributed by atoms with Crippen molar-refractivity contribution in [2.75, 3.05) is 13.2 Å². The molecule has 0 bridgehead atoms. The van der Waals surface area contributed by atoms with Crippen molar-refractivity contribution >= 4 is 29.8 Å². The lowest BCUT2D eigenvalue weighted by molar-refractivity contribution is -0.139. The van der Waals surface area contributed by atoms with E-state index in [0.717, 1.165) is 24.3 Å². The lowest BCUT2D eigenvalue weighted by Gasteiger charge is -2.10. The lowest BCUT2D eigenvalue weighted by atomic mass is 10.1. The van der Waals surface area contributed by atoms with Crippen LogP contribution in [-0.4, -0.2) is 68.6 Å². The quantitative estimate of drug-likeness (QED) is 0.261. The molecule has 0 fully saturated rings. The van der Waals surface area contributed by atoms with Gasteiger partial charge < -0.3 is 35.0 Å². The largest absolute Gasteiger partial charge is 0.478 e. The highest BCUT2D eigenvalue weighted by Gasteiger charge is 2.19. The number of aliphatic hydroxyl groups is 1. The summed E-state index contributed by atoms with van der Waals surface area (Å²) in [6.45, 7) is 4.81. The van der Waals surface area contributed by atoms with Gasteiger partial charge in [0.15, 0.2) is 0 Å². The first kappa shape index (κ1) is 27.3. The molecule has 12 heteroatoms. The summed E-state index contributed by atoms with van der Waals surface area (Å²) >= 11 is 0. The maximum absolute atomic E-state index is 11.1. The van der Waals surface area contributed by atoms with Crippen molar-refractivity contribution in [1.82, 2.24) is 0 Å². The minimum absolute atomic E-state index is 0.0473. The van der Waals surface area contributed by atoms with Crippen LogP contribution in [0.3, 0.4) is 0 Å². The zero-order chi connectivity index (χ0) is 26.0. The van der Waals surface area contributed by atoms with E-state index in [0.29, 0.717) is 5.57 Å². The summed E-state index contributed by atoms with van der Waals surface area (Å²) in [5, 5.41) is 44.2. The van der Waals surface area contributed by atoms with E-state index in [-0.39, 0.29) is 24.7 Å². The molecular weight excluding hydrogens is 456 g/mol. The van der Waals surface area contributed by atoms with Crippen molar-refractivity contribution in [2.24, 2.45) is 0 Å². The van der Waals surface area contributed by atoms with Gasteiger partial charge in [0.1, 0.15) is 18.1 Å². The molecule has 0 amide bonds. The molecule has 0 aliphatic heterocycles. The third kappa shape index (κ3) is 7.76. The number of esters is 1. The third-order valence-corrected chi connectivity index (χ3v) is 3.81. The number of hydrogen-bond donors (Lipinski definition) is 5. The molecule has 0 aromatic heterocycles. The second-order valence-electron chi connectivity index (χ2n) is 6.38. The van der Waals surface area contributed by atoms with E-state index in [1.165, 1.54) is 12.1 Å². The smallest absolute Gasteiger partial charge is 0.336 e. The fourth-order valence-electron chi connectivity index (χ4n) is 2.30. The summed E-state index contributed by atoms with van der Waals surface area (Å²) in [5.41, 5.74) is -1.54. The van der Waals surface area contributed by atoms with E-state index >= 15 is 0 Å². The Balaban J connectivity index is 0.000000546. The van der Waals surface area contributed by atoms with Gasteiger partial charge in [0.05, 0.1) is 28.9 Å². The molecule has 12 nitrogen and oxygen atoms in total. The summed E-state index contributed by atoms with van der Waals surface area (Å²) < 4.78 is 9.78. The third-order valence-electron chi connectivity index (χ3n) is 3.81. The number of hydrogen-bond acceptors (Lipinski definition) is 8. The molecule has 180 valence electrons. The Morgan fingerprint density at radius 1 is 0.735 bits per heavy atom. The minimum atomic E-state index is -1.48. The fraction of sp³-hybridized carbons (Fsp3) is 0.136. The second kappa shape index (κ2) is 12.4. The summed E-state index contributed by atoms with van der Waals surface area (Å²) in [6.07, 6.45) is 0. The Labute approximate surface area is 191 Å². The maximum atomic E-state index is 11.1. The first-order valence-corrected chi connectivity index (χ1v) is 9.21. The Morgan fingerprint density at radius 3 is 1.41 bits per heavy atom. The lowest BCUT2D eigenvalue weighted by Crippen LogP contribution is -2.09. The van der Waals surface area contributed by atoms with Gasteiger partial charge >= 0.3 is 29.8 Å². The molecule has 0 radical (unpaired) electrons. The predicted octanol–water partition coefficient (Wildman–Crippen LogP) is 2.37. The van der Waals surface area contributed by atoms with Crippen LogP contribution in [-0.2, 0) is 9.53 Å². The van der Waals surface area contributed by atoms with Crippen LogP contribution in [0.25, 0.3) is 0 Å². The number of carboxylic acid groups (broad SMARTS) is 4. The van der Waals surface area contributed by atoms with E-state index < -0.39 is 52.1 Å². The van der Waals surface area contributed by atoms with Gasteiger partial charge in [-0.3, -0.25) is 0 Å². The van der Waals surface area contributed by atoms with E-state index in [9.17, 15) is 24.0 Å². The minimum Gasteiger partial charge on any atom is -0.478 e. The summed E-state index contributed by atoms with van der Waals surface area (Å²) in [5.74, 6) is -6.37. The molecule has 5 N–H and O–H groups in total. The number of carbonyl (C=O) groups excluding carboxylic acids is 1. The van der Waals surface area contributed by atoms with Crippen molar-refractivity contribution in [1.29, 1.82) is 0 Å². The number of rotatable bonds is 9. The van der Waals surface area contributed by atoms with Crippen LogP contribution in [0, 0.1) is 0 Å². The summed E-state index contributed by atoms with van der Waals surface area (Å²) in [7, 11) is 0. The highest BCUT2D eigenvalue weighted by atomic mass is 16.5. The van der Waals surface area contributed by atoms with Crippen molar-refractivity contribution in [3.8, 4) is 11.5 Å². The summed E-state index contributed by atoms with van der Waals surface area (Å²) in [4.78, 5) is 54.7. The average Bonchev–Trinajstić information content (AvgIpc) is 2.77. The molecule has 0 spiro atoms. The zero-order valence-electron chi connectivity index (χ0n) is 17.7. The van der Waals surface area contributed by atoms with Crippen LogP contribution in [0.4, 0.5) is 0 Å². The molecule has 0 aliphatic carbocycles. The molecular formula is C22H20O12. The highest BCUT2D eigenvalue weighted by molar-refractivity contribution is 6.02. The molecule has 0 unspecified atom stereocenters. The van der Waals surface area contributed by atoms with Gasteiger partial charge in [-0.1, -0.05) is 6.58 Å². The Bertz CT molecular complexity index is 1060. The normalized spacial score (nSPS) is 9.71. The molecule has 0 atom stereocenters. The van der Waals surface area contributed by atoms with Crippen LogP contribution in [0.1, 0.15) is 48.4 Å². The monoisotopic (exact) mass is 476 g/mol. The first-order chi connectivity index (χ1) is 15.9. The van der Waals surface area contributed by atoms with Gasteiger partial charge in [-0.25, -0.2) is 24.0 Å². The number of aromatic carboxylic acids is 4. The van der Waals surface area contributed by atoms with Crippen molar-refractivity contribution in [3.05, 3.63) is 70.8 Å². The van der Waals surface area contributed by atoms with E-state index in [1.54, 1.807) is 6.92 Å². The van der Waals surface area contributed by atoms with Crippen molar-refractivity contribution in [2.45, 2.75) is 6.92 Å². The van der Waals surface area contributed by atoms with Crippen molar-refractivity contribution in [3.63, 3.8) is 0 Å².